The van der Waals surface area contributed by atoms with Crippen LogP contribution in [0.5, 0.6) is 0 Å². The maximum atomic E-state index is 12.8. The zero-order chi connectivity index (χ0) is 20.5. The molecule has 1 N–H and O–H groups in total. The number of ether oxygens (including phenoxy) is 1. The van der Waals surface area contributed by atoms with Crippen molar-refractivity contribution in [2.45, 2.75) is 26.4 Å². The Hall–Kier alpha value is -2.09. The standard InChI is InChI=1S/C19H22Cl2N4O3/c1-19(2,3)28-18(27)24-6-8-25(9-7-24)23-17(26)14-11-16(21)22-15-5-4-12(20)10-13(14)15/h4-5,10-11H,6-9H2,1-3H3,(H,23,26). The van der Waals surface area contributed by atoms with Crippen molar-refractivity contribution < 1.29 is 14.3 Å². The zero-order valence-corrected chi connectivity index (χ0v) is 17.5. The molecule has 0 unspecified atom stereocenters. The van der Waals surface area contributed by atoms with E-state index < -0.39 is 5.60 Å². The molecule has 0 radical (unpaired) electrons. The van der Waals surface area contributed by atoms with Crippen molar-refractivity contribution >= 4 is 46.1 Å². The van der Waals surface area contributed by atoms with Gasteiger partial charge in [0, 0.05) is 36.6 Å². The van der Waals surface area contributed by atoms with Gasteiger partial charge in [-0.1, -0.05) is 23.2 Å². The van der Waals surface area contributed by atoms with Gasteiger partial charge in [0.1, 0.15) is 10.8 Å². The van der Waals surface area contributed by atoms with E-state index in [-0.39, 0.29) is 17.2 Å². The first-order valence-electron chi connectivity index (χ1n) is 8.92. The zero-order valence-electron chi connectivity index (χ0n) is 16.0. The number of pyridine rings is 1. The van der Waals surface area contributed by atoms with Crippen LogP contribution in [0.25, 0.3) is 10.9 Å². The Morgan fingerprint density at radius 1 is 1.11 bits per heavy atom. The first-order chi connectivity index (χ1) is 13.1. The molecule has 7 nitrogen and oxygen atoms in total. The van der Waals surface area contributed by atoms with Gasteiger partial charge in [-0.15, -0.1) is 0 Å². The molecule has 9 heteroatoms. The molecular weight excluding hydrogens is 403 g/mol. The van der Waals surface area contributed by atoms with Crippen molar-refractivity contribution in [3.05, 3.63) is 40.0 Å². The maximum Gasteiger partial charge on any atom is 0.410 e. The Balaban J connectivity index is 1.66. The molecule has 2 amide bonds. The van der Waals surface area contributed by atoms with E-state index in [1.54, 1.807) is 28.1 Å². The minimum Gasteiger partial charge on any atom is -0.444 e. The fourth-order valence-corrected chi connectivity index (χ4v) is 3.26. The molecule has 0 aliphatic carbocycles. The molecular formula is C19H22Cl2N4O3. The number of nitrogens with zero attached hydrogens (tertiary/aromatic N) is 3. The van der Waals surface area contributed by atoms with Gasteiger partial charge in [0.25, 0.3) is 5.91 Å². The number of piperazine rings is 1. The number of amides is 2. The van der Waals surface area contributed by atoms with Crippen LogP contribution in [0.2, 0.25) is 10.2 Å². The van der Waals surface area contributed by atoms with E-state index >= 15 is 0 Å². The molecule has 1 saturated heterocycles. The van der Waals surface area contributed by atoms with Gasteiger partial charge in [-0.25, -0.2) is 14.8 Å². The maximum absolute atomic E-state index is 12.8. The van der Waals surface area contributed by atoms with Crippen molar-refractivity contribution in [1.82, 2.24) is 20.3 Å². The highest BCUT2D eigenvalue weighted by Gasteiger charge is 2.27. The second-order valence-corrected chi connectivity index (χ2v) is 8.37. The van der Waals surface area contributed by atoms with Crippen LogP contribution in [0, 0.1) is 0 Å². The molecule has 1 fully saturated rings. The molecule has 2 aromatic rings. The average molecular weight is 425 g/mol. The number of carbonyl (C=O) groups excluding carboxylic acids is 2. The summed E-state index contributed by atoms with van der Waals surface area (Å²) in [5, 5.41) is 3.14. The number of hydrogen-bond acceptors (Lipinski definition) is 5. The van der Waals surface area contributed by atoms with Crippen molar-refractivity contribution in [3.63, 3.8) is 0 Å². The summed E-state index contributed by atoms with van der Waals surface area (Å²) in [5.41, 5.74) is 3.32. The van der Waals surface area contributed by atoms with E-state index in [0.717, 1.165) is 0 Å². The van der Waals surface area contributed by atoms with Gasteiger partial charge in [-0.3, -0.25) is 10.2 Å². The van der Waals surface area contributed by atoms with E-state index in [9.17, 15) is 9.59 Å². The third-order valence-electron chi connectivity index (χ3n) is 4.18. The van der Waals surface area contributed by atoms with Gasteiger partial charge in [-0.2, -0.15) is 0 Å². The summed E-state index contributed by atoms with van der Waals surface area (Å²) < 4.78 is 5.38. The predicted octanol–water partition coefficient (Wildman–Crippen LogP) is 3.74. The van der Waals surface area contributed by atoms with E-state index in [0.29, 0.717) is 47.7 Å². The lowest BCUT2D eigenvalue weighted by atomic mass is 10.1. The smallest absolute Gasteiger partial charge is 0.410 e. The van der Waals surface area contributed by atoms with Gasteiger partial charge in [0.15, 0.2) is 0 Å². The van der Waals surface area contributed by atoms with Crippen LogP contribution in [0.3, 0.4) is 0 Å². The van der Waals surface area contributed by atoms with Crippen LogP contribution in [0.15, 0.2) is 24.3 Å². The first-order valence-corrected chi connectivity index (χ1v) is 9.68. The summed E-state index contributed by atoms with van der Waals surface area (Å²) in [4.78, 5) is 30.8. The number of rotatable bonds is 2. The third kappa shape index (κ3) is 5.04. The van der Waals surface area contributed by atoms with Crippen molar-refractivity contribution in [2.24, 2.45) is 0 Å². The highest BCUT2D eigenvalue weighted by Crippen LogP contribution is 2.24. The Kier molecular flexibility index (Phi) is 5.98. The Morgan fingerprint density at radius 3 is 2.43 bits per heavy atom. The largest absolute Gasteiger partial charge is 0.444 e. The van der Waals surface area contributed by atoms with Crippen LogP contribution < -0.4 is 5.43 Å². The van der Waals surface area contributed by atoms with Gasteiger partial charge >= 0.3 is 6.09 Å². The fourth-order valence-electron chi connectivity index (χ4n) is 2.88. The highest BCUT2D eigenvalue weighted by molar-refractivity contribution is 6.32. The monoisotopic (exact) mass is 424 g/mol. The normalized spacial score (nSPS) is 15.5. The minimum atomic E-state index is -0.536. The summed E-state index contributed by atoms with van der Waals surface area (Å²) in [7, 11) is 0. The Bertz CT molecular complexity index is 906. The SMILES string of the molecule is CC(C)(C)OC(=O)N1CCN(NC(=O)c2cc(Cl)nc3ccc(Cl)cc23)CC1. The van der Waals surface area contributed by atoms with E-state index in [2.05, 4.69) is 10.4 Å². The van der Waals surface area contributed by atoms with E-state index in [1.807, 2.05) is 20.8 Å². The number of halogens is 2. The molecule has 1 aromatic heterocycles. The Labute approximate surface area is 173 Å². The molecule has 3 rings (SSSR count). The predicted molar refractivity (Wildman–Crippen MR) is 109 cm³/mol. The van der Waals surface area contributed by atoms with Gasteiger partial charge in [0.2, 0.25) is 0 Å². The van der Waals surface area contributed by atoms with Gasteiger partial charge in [-0.05, 0) is 45.0 Å². The van der Waals surface area contributed by atoms with Crippen molar-refractivity contribution in [2.75, 3.05) is 26.2 Å². The lowest BCUT2D eigenvalue weighted by Crippen LogP contribution is -2.55. The number of benzene rings is 1. The molecule has 1 aliphatic heterocycles. The molecule has 1 aliphatic rings. The molecule has 150 valence electrons. The fraction of sp³-hybridized carbons (Fsp3) is 0.421. The Morgan fingerprint density at radius 2 is 1.79 bits per heavy atom. The minimum absolute atomic E-state index is 0.231. The molecule has 0 saturated carbocycles. The number of hydrazine groups is 1. The van der Waals surface area contributed by atoms with Crippen LogP contribution in [-0.2, 0) is 4.74 Å². The topological polar surface area (TPSA) is 74.8 Å². The lowest BCUT2D eigenvalue weighted by Gasteiger charge is -2.35. The molecule has 0 bridgehead atoms. The van der Waals surface area contributed by atoms with Crippen molar-refractivity contribution in [1.29, 1.82) is 0 Å². The third-order valence-corrected chi connectivity index (χ3v) is 4.60. The number of aromatic nitrogens is 1. The van der Waals surface area contributed by atoms with Crippen LogP contribution in [0.1, 0.15) is 31.1 Å². The summed E-state index contributed by atoms with van der Waals surface area (Å²) in [5.74, 6) is -0.303. The molecule has 28 heavy (non-hydrogen) atoms. The van der Waals surface area contributed by atoms with Gasteiger partial charge in [0.05, 0.1) is 11.1 Å². The summed E-state index contributed by atoms with van der Waals surface area (Å²) >= 11 is 12.1. The summed E-state index contributed by atoms with van der Waals surface area (Å²) in [6.45, 7) is 7.39. The summed E-state index contributed by atoms with van der Waals surface area (Å²) in [6, 6.07) is 6.63. The molecule has 1 aromatic carbocycles. The molecule has 2 heterocycles. The summed E-state index contributed by atoms with van der Waals surface area (Å²) in [6.07, 6.45) is -0.347. The highest BCUT2D eigenvalue weighted by atomic mass is 35.5. The molecule has 0 atom stereocenters. The van der Waals surface area contributed by atoms with E-state index in [4.69, 9.17) is 27.9 Å². The van der Waals surface area contributed by atoms with E-state index in [1.165, 1.54) is 6.07 Å². The average Bonchev–Trinajstić information content (AvgIpc) is 2.60. The number of nitrogens with one attached hydrogen (secondary N) is 1. The lowest BCUT2D eigenvalue weighted by molar-refractivity contribution is 0.00977. The van der Waals surface area contributed by atoms with Crippen LogP contribution in [-0.4, -0.2) is 58.7 Å². The van der Waals surface area contributed by atoms with Crippen LogP contribution in [0.4, 0.5) is 4.79 Å². The second-order valence-electron chi connectivity index (χ2n) is 7.55. The second kappa shape index (κ2) is 8.11. The van der Waals surface area contributed by atoms with Gasteiger partial charge < -0.3 is 9.64 Å². The van der Waals surface area contributed by atoms with Crippen molar-refractivity contribution in [3.8, 4) is 0 Å². The van der Waals surface area contributed by atoms with Crippen LogP contribution >= 0.6 is 23.2 Å². The molecule has 0 spiro atoms. The number of carbonyl (C=O) groups is 2. The first kappa shape index (κ1) is 20.6. The number of hydrogen-bond donors (Lipinski definition) is 1. The number of fused-ring (bicyclic) bond motifs is 1. The quantitative estimate of drug-likeness (QED) is 0.743.